The van der Waals surface area contributed by atoms with Gasteiger partial charge in [-0.1, -0.05) is 300 Å². The van der Waals surface area contributed by atoms with Gasteiger partial charge in [-0.3, -0.25) is 0 Å². The van der Waals surface area contributed by atoms with Crippen molar-refractivity contribution in [1.82, 2.24) is 4.57 Å². The minimum atomic E-state index is -0.0422. The van der Waals surface area contributed by atoms with E-state index in [1.54, 1.807) is 0 Å². The van der Waals surface area contributed by atoms with Gasteiger partial charge in [0.05, 0.1) is 16.7 Å². The Morgan fingerprint density at radius 3 is 0.667 bits per heavy atom. The lowest BCUT2D eigenvalue weighted by atomic mass is 9.77. The number of rotatable bonds is 8. The Kier molecular flexibility index (Phi) is 16.8. The molecule has 478 valence electrons. The van der Waals surface area contributed by atoms with Gasteiger partial charge in [-0.05, 0) is 227 Å². The monoisotopic (exact) mass is 1220 g/mol. The largest absolute Gasteiger partial charge is 0.309 e. The van der Waals surface area contributed by atoms with E-state index in [9.17, 15) is 0 Å². The first kappa shape index (κ1) is 66.5. The zero-order chi connectivity index (χ0) is 67.5. The lowest BCUT2D eigenvalue weighted by molar-refractivity contribution is 0.568. The van der Waals surface area contributed by atoms with E-state index in [4.69, 9.17) is 0 Å². The summed E-state index contributed by atoms with van der Waals surface area (Å²) in [6.45, 7) is 56.3. The molecule has 0 fully saturated rings. The van der Waals surface area contributed by atoms with Gasteiger partial charge in [0.2, 0.25) is 0 Å². The summed E-state index contributed by atoms with van der Waals surface area (Å²) in [6, 6.07) is 78.7. The van der Waals surface area contributed by atoms with Crippen LogP contribution in [0.5, 0.6) is 0 Å². The Bertz CT molecular complexity index is 4070. The summed E-state index contributed by atoms with van der Waals surface area (Å²) in [5.41, 5.74) is 31.0. The Balaban J connectivity index is 1.22. The summed E-state index contributed by atoms with van der Waals surface area (Å²) in [5, 5.41) is 2.43. The maximum atomic E-state index is 2.53. The van der Waals surface area contributed by atoms with Gasteiger partial charge >= 0.3 is 0 Å². The zero-order valence-corrected chi connectivity index (χ0v) is 61.0. The Morgan fingerprint density at radius 1 is 0.183 bits per heavy atom. The van der Waals surface area contributed by atoms with Crippen LogP contribution in [-0.2, 0) is 43.3 Å². The van der Waals surface area contributed by atoms with Crippen molar-refractivity contribution in [2.75, 3.05) is 0 Å². The molecule has 0 radical (unpaired) electrons. The molecule has 0 spiro atoms. The number of nitrogens with zero attached hydrogens (tertiary/aromatic N) is 1. The van der Waals surface area contributed by atoms with E-state index in [-0.39, 0.29) is 43.3 Å². The highest BCUT2D eigenvalue weighted by molar-refractivity contribution is 6.12. The molecule has 0 saturated carbocycles. The first-order chi connectivity index (χ1) is 43.1. The molecule has 0 saturated heterocycles. The average Bonchev–Trinajstić information content (AvgIpc) is 1.61. The fourth-order valence-corrected chi connectivity index (χ4v) is 13.1. The summed E-state index contributed by atoms with van der Waals surface area (Å²) in [5.74, 6) is 0. The first-order valence-electron chi connectivity index (χ1n) is 34.3. The maximum Gasteiger partial charge on any atom is 0.0541 e. The normalized spacial score (nSPS) is 13.2. The van der Waals surface area contributed by atoms with Gasteiger partial charge in [-0.2, -0.15) is 0 Å². The van der Waals surface area contributed by atoms with Crippen molar-refractivity contribution < 1.29 is 0 Å². The molecule has 1 heteroatoms. The number of para-hydroxylation sites is 1. The number of aromatic nitrogens is 1. The molecular weight excluding hydrogens is 1120 g/mol. The second-order valence-corrected chi connectivity index (χ2v) is 35.5. The minimum absolute atomic E-state index is 0.0422. The van der Waals surface area contributed by atoms with Gasteiger partial charge in [0.15, 0.2) is 0 Å². The third kappa shape index (κ3) is 14.0. The van der Waals surface area contributed by atoms with Crippen molar-refractivity contribution in [2.45, 2.75) is 209 Å². The van der Waals surface area contributed by atoms with Gasteiger partial charge in [0.1, 0.15) is 0 Å². The van der Waals surface area contributed by atoms with Crippen LogP contribution in [0.25, 0.3) is 105 Å². The van der Waals surface area contributed by atoms with Crippen molar-refractivity contribution in [3.8, 4) is 83.6 Å². The van der Waals surface area contributed by atoms with Crippen LogP contribution >= 0.6 is 0 Å². The van der Waals surface area contributed by atoms with Crippen molar-refractivity contribution >= 4 is 21.8 Å². The van der Waals surface area contributed by atoms with E-state index in [1.807, 2.05) is 0 Å². The lowest BCUT2D eigenvalue weighted by Crippen LogP contribution is -2.16. The number of fused-ring (bicyclic) bond motifs is 3. The first-order valence-corrected chi connectivity index (χ1v) is 34.3. The van der Waals surface area contributed by atoms with Crippen molar-refractivity contribution in [1.29, 1.82) is 0 Å². The molecule has 0 unspecified atom stereocenters. The predicted octanol–water partition coefficient (Wildman–Crippen LogP) is 26.8. The van der Waals surface area contributed by atoms with Gasteiger partial charge in [-0.15, -0.1) is 0 Å². The quantitative estimate of drug-likeness (QED) is 0.143. The maximum absolute atomic E-state index is 2.53. The summed E-state index contributed by atoms with van der Waals surface area (Å²) in [7, 11) is 0. The molecule has 11 rings (SSSR count). The van der Waals surface area contributed by atoms with E-state index < -0.39 is 0 Å². The Morgan fingerprint density at radius 2 is 0.409 bits per heavy atom. The number of hydrogen-bond donors (Lipinski definition) is 0. The fourth-order valence-electron chi connectivity index (χ4n) is 13.1. The van der Waals surface area contributed by atoms with E-state index in [0.717, 1.165) is 5.69 Å². The topological polar surface area (TPSA) is 4.93 Å². The number of hydrogen-bond acceptors (Lipinski definition) is 0. The average molecular weight is 1220 g/mol. The molecule has 1 heterocycles. The molecule has 0 amide bonds. The molecular formula is C92H105N. The molecule has 0 aliphatic rings. The van der Waals surface area contributed by atoms with Gasteiger partial charge in [-0.25, -0.2) is 0 Å². The van der Waals surface area contributed by atoms with Crippen LogP contribution < -0.4 is 0 Å². The van der Waals surface area contributed by atoms with E-state index in [2.05, 4.69) is 371 Å². The number of benzene rings is 10. The van der Waals surface area contributed by atoms with Crippen LogP contribution in [0.1, 0.15) is 211 Å². The minimum Gasteiger partial charge on any atom is -0.309 e. The highest BCUT2D eigenvalue weighted by Crippen LogP contribution is 2.46. The second kappa shape index (κ2) is 23.5. The lowest BCUT2D eigenvalue weighted by Gasteiger charge is -2.27. The molecule has 0 aliphatic carbocycles. The highest BCUT2D eigenvalue weighted by atomic mass is 15.0. The SMILES string of the molecule is CC(C)(C)c1cc(-c2cc(-c3cc(C(C)(C)C)cc(C(C)(C)C)c3)cc(-c3ccc4c(c3)c3cc(-c5cc(-c6cc(C(C)(C)C)cc(C(C)(C)C)c6)cc(-c6cc(C(C)(C)C)cc(C(C)(C)C)c6)c5)ccc3n4-c3ccccc3-c3ccccc3)c2)cc(C(C)(C)C)c1. The van der Waals surface area contributed by atoms with Gasteiger partial charge in [0, 0.05) is 16.3 Å². The molecule has 0 aliphatic heterocycles. The van der Waals surface area contributed by atoms with Crippen molar-refractivity contribution in [2.24, 2.45) is 0 Å². The fraction of sp³-hybridized carbons (Fsp3) is 0.348. The summed E-state index contributed by atoms with van der Waals surface area (Å²) >= 11 is 0. The molecule has 1 nitrogen and oxygen atoms in total. The Hall–Kier alpha value is -8.00. The molecule has 10 aromatic carbocycles. The third-order valence-electron chi connectivity index (χ3n) is 19.5. The summed E-state index contributed by atoms with van der Waals surface area (Å²) in [6.07, 6.45) is 0. The molecule has 0 atom stereocenters. The molecule has 11 aromatic rings. The van der Waals surface area contributed by atoms with Crippen LogP contribution in [-0.4, -0.2) is 4.57 Å². The predicted molar refractivity (Wildman–Crippen MR) is 408 cm³/mol. The summed E-state index contributed by atoms with van der Waals surface area (Å²) < 4.78 is 2.53. The van der Waals surface area contributed by atoms with E-state index >= 15 is 0 Å². The molecule has 0 N–H and O–H groups in total. The summed E-state index contributed by atoms with van der Waals surface area (Å²) in [4.78, 5) is 0. The molecule has 93 heavy (non-hydrogen) atoms. The smallest absolute Gasteiger partial charge is 0.0541 e. The van der Waals surface area contributed by atoms with Crippen LogP contribution in [0.4, 0.5) is 0 Å². The standard InChI is InChI=1S/C92H105N/c1-85(2,3)71-44-67(45-72(54-71)86(4,5)6)63-38-61(39-64(42-63)68-46-73(87(7,8)9)55-74(47-68)88(10,11)12)59-34-36-83-80(52-59)81-53-60(35-37-84(81)93(83)82-33-29-28-32-79(82)58-30-26-25-27-31-58)62-40-65(69-48-75(89(13,14)15)56-76(49-69)90(16,17)18)43-66(41-62)70-50-77(91(19,20)21)57-78(51-70)92(22,23)24/h25-57H,1-24H3. The van der Waals surface area contributed by atoms with Crippen LogP contribution in [0.15, 0.2) is 200 Å². The van der Waals surface area contributed by atoms with Crippen LogP contribution in [0.3, 0.4) is 0 Å². The third-order valence-corrected chi connectivity index (χ3v) is 19.5. The zero-order valence-electron chi connectivity index (χ0n) is 61.0. The van der Waals surface area contributed by atoms with Crippen LogP contribution in [0, 0.1) is 0 Å². The second-order valence-electron chi connectivity index (χ2n) is 35.5. The van der Waals surface area contributed by atoms with Crippen LogP contribution in [0.2, 0.25) is 0 Å². The molecule has 0 bridgehead atoms. The molecule has 1 aromatic heterocycles. The van der Waals surface area contributed by atoms with E-state index in [0.29, 0.717) is 0 Å². The Labute approximate surface area is 560 Å². The van der Waals surface area contributed by atoms with Gasteiger partial charge in [0.25, 0.3) is 0 Å². The van der Waals surface area contributed by atoms with E-state index in [1.165, 1.54) is 144 Å². The highest BCUT2D eigenvalue weighted by Gasteiger charge is 2.28. The van der Waals surface area contributed by atoms with Gasteiger partial charge < -0.3 is 4.57 Å². The van der Waals surface area contributed by atoms with Crippen molar-refractivity contribution in [3.05, 3.63) is 245 Å². The van der Waals surface area contributed by atoms with Crippen molar-refractivity contribution in [3.63, 3.8) is 0 Å².